The summed E-state index contributed by atoms with van der Waals surface area (Å²) in [6.07, 6.45) is 4.67. The Hall–Kier alpha value is -11.5. The van der Waals surface area contributed by atoms with Crippen LogP contribution >= 0.6 is 0 Å². The molecule has 748 valence electrons. The molecule has 0 bridgehead atoms. The van der Waals surface area contributed by atoms with Crippen molar-refractivity contribution in [2.24, 2.45) is 0 Å². The molecule has 0 radical (unpaired) electrons. The van der Waals surface area contributed by atoms with E-state index in [-0.39, 0.29) is 161 Å². The van der Waals surface area contributed by atoms with Crippen molar-refractivity contribution in [2.45, 2.75) is 97.9 Å². The van der Waals surface area contributed by atoms with Crippen molar-refractivity contribution in [2.75, 3.05) is 247 Å². The second-order valence-electron chi connectivity index (χ2n) is 31.7. The zero-order chi connectivity index (χ0) is 97.0. The molecule has 0 atom stereocenters. The molecular formula is C99H132N14O25. The lowest BCUT2D eigenvalue weighted by Gasteiger charge is -2.29. The highest BCUT2D eigenvalue weighted by atomic mass is 16.6. The van der Waals surface area contributed by atoms with E-state index in [1.54, 1.807) is 45.1 Å². The Labute approximate surface area is 804 Å². The monoisotopic (exact) mass is 1920 g/mol. The number of para-hydroxylation sites is 2. The Balaban J connectivity index is 0.549. The van der Waals surface area contributed by atoms with E-state index in [9.17, 15) is 43.2 Å². The van der Waals surface area contributed by atoms with Crippen molar-refractivity contribution < 1.29 is 119 Å². The second-order valence-corrected chi connectivity index (χ2v) is 31.7. The first-order valence-electron chi connectivity index (χ1n) is 47.2. The third kappa shape index (κ3) is 39.4. The average Bonchev–Trinajstić information content (AvgIpc) is 1.01. The summed E-state index contributed by atoms with van der Waals surface area (Å²) in [4.78, 5) is 124. The number of amides is 7. The predicted octanol–water partition coefficient (Wildman–Crippen LogP) is 7.21. The molecule has 0 unspecified atom stereocenters. The molecule has 0 fully saturated rings. The van der Waals surface area contributed by atoms with Gasteiger partial charge in [-0.25, -0.2) is 9.36 Å². The minimum Gasteiger partial charge on any atom is -0.379 e. The number of carbonyl (C=O) groups excluding carboxylic acids is 9. The van der Waals surface area contributed by atoms with E-state index in [1.165, 1.54) is 26.0 Å². The largest absolute Gasteiger partial charge is 0.379 e. The number of aromatic nitrogens is 7. The van der Waals surface area contributed by atoms with Gasteiger partial charge in [-0.3, -0.25) is 48.1 Å². The van der Waals surface area contributed by atoms with Gasteiger partial charge in [0.25, 0.3) is 5.91 Å². The third-order valence-corrected chi connectivity index (χ3v) is 21.5. The highest BCUT2D eigenvalue weighted by Crippen LogP contribution is 2.43. The maximum absolute atomic E-state index is 14.2. The molecular weight excluding hydrogens is 1790 g/mol. The molecule has 39 heteroatoms. The summed E-state index contributed by atoms with van der Waals surface area (Å²) in [5.41, 5.74) is 10.8. The second kappa shape index (κ2) is 64.6. The van der Waals surface area contributed by atoms with Gasteiger partial charge in [0.15, 0.2) is 11.6 Å². The van der Waals surface area contributed by atoms with Crippen LogP contribution in [0.25, 0.3) is 45.0 Å². The van der Waals surface area contributed by atoms with E-state index in [1.807, 2.05) is 102 Å². The number of rotatable bonds is 73. The van der Waals surface area contributed by atoms with Crippen LogP contribution < -0.4 is 36.4 Å². The molecule has 2 aliphatic heterocycles. The number of pyridine rings is 1. The van der Waals surface area contributed by atoms with E-state index in [4.69, 9.17) is 75.8 Å². The summed E-state index contributed by atoms with van der Waals surface area (Å²) in [7, 11) is 0. The van der Waals surface area contributed by atoms with E-state index in [2.05, 4.69) is 52.2 Å². The Bertz CT molecular complexity index is 5010. The molecule has 0 aliphatic carbocycles. The van der Waals surface area contributed by atoms with Crippen LogP contribution in [0.5, 0.6) is 0 Å². The number of benzene rings is 5. The minimum atomic E-state index is -0.436. The number of Topliss-reactive ketones (excluding diaryl/α,β-unsaturated/α-hetero) is 2. The number of carbonyl (C=O) groups is 9. The van der Waals surface area contributed by atoms with Gasteiger partial charge in [-0.15, -0.1) is 10.2 Å². The molecule has 5 N–H and O–H groups in total. The smallest absolute Gasteiger partial charge is 0.251 e. The Morgan fingerprint density at radius 1 is 0.312 bits per heavy atom. The van der Waals surface area contributed by atoms with Gasteiger partial charge in [0.1, 0.15) is 11.4 Å². The molecule has 39 nitrogen and oxygen atoms in total. The normalized spacial score (nSPS) is 12.0. The van der Waals surface area contributed by atoms with Gasteiger partial charge in [-0.1, -0.05) is 95.4 Å². The SMILES string of the molecule is CC(=O)NCCOCCOCCOCCOCCC(=O)NCCC(=O)N1Cc2ccccc2-c2c(nnn2CCOCCOCCOCCOCCCC(=O)c2cc(C(=O)CCCOCCOCCOCCOCCn3nnc4c3-c3ccccc3N(C(=O)CCNC(=O)CCOCCOCCOCCOCCNC(C)=O)Cc3ccccc3-4)cc(C(=O)NCc3ccncc3)c2)-c2ccccc21. The summed E-state index contributed by atoms with van der Waals surface area (Å²) in [5, 5.41) is 32.4. The van der Waals surface area contributed by atoms with Crippen LogP contribution in [-0.4, -0.2) is 325 Å². The molecule has 8 aromatic rings. The predicted molar refractivity (Wildman–Crippen MR) is 508 cm³/mol. The van der Waals surface area contributed by atoms with Gasteiger partial charge < -0.3 is 112 Å². The Morgan fingerprint density at radius 3 is 1.07 bits per heavy atom. The number of nitrogens with one attached hydrogen (secondary N) is 5. The van der Waals surface area contributed by atoms with Crippen molar-refractivity contribution in [3.8, 4) is 45.0 Å². The van der Waals surface area contributed by atoms with Crippen LogP contribution in [-0.2, 0) is 137 Å². The standard InChI is InChI=1S/C99H132N14O25/c1-75(114)101-33-41-127-49-57-135-65-63-133-55-47-125-39-27-91(118)103-31-25-93(120)110-74-79-14-4-6-16-84(79)97-96(85-17-7-9-19-87(85)110)107-109-112(97)35-43-129-51-59-137-67-61-131-53-45-123-37-11-21-89(116)80-69-81(71-82(70-80)99(122)105-72-77-23-29-100-30-24-77)90(117)22-12-38-124-46-54-132-62-68-138-60-52-130-44-36-113-98-86-18-8-10-20-88(86)111(73-78-13-3-5-15-83(78)95(98)106-108-113)94(121)26-32-104-92(119)28-40-126-48-56-134-64-66-136-58-50-128-42-34-102-76(2)115/h3-10,13-20,23-24,29-30,69-71H,11-12,21-22,25-28,31-68,72-74H2,1-2H3,(H,101,114)(H,102,115)(H,103,118)(H,104,119)(H,105,122). The number of ether oxygens (including phenoxy) is 16. The molecule has 7 amide bonds. The van der Waals surface area contributed by atoms with Gasteiger partial charge in [0.05, 0.1) is 247 Å². The van der Waals surface area contributed by atoms with Crippen LogP contribution in [0.4, 0.5) is 11.4 Å². The summed E-state index contributed by atoms with van der Waals surface area (Å²) in [5.74, 6) is -1.91. The van der Waals surface area contributed by atoms with Crippen molar-refractivity contribution in [1.82, 2.24) is 61.6 Å². The molecule has 138 heavy (non-hydrogen) atoms. The number of nitrogens with zero attached hydrogens (tertiary/aromatic N) is 9. The fourth-order valence-corrected chi connectivity index (χ4v) is 14.6. The van der Waals surface area contributed by atoms with Gasteiger partial charge >= 0.3 is 0 Å². The van der Waals surface area contributed by atoms with Gasteiger partial charge in [0.2, 0.25) is 35.4 Å². The fraction of sp³-hybridized carbons (Fsp3) is 0.515. The maximum atomic E-state index is 14.2. The van der Waals surface area contributed by atoms with E-state index < -0.39 is 5.91 Å². The summed E-state index contributed by atoms with van der Waals surface area (Å²) >= 11 is 0. The minimum absolute atomic E-state index is 0.0628. The first-order chi connectivity index (χ1) is 67.7. The topological polar surface area (TPSA) is 442 Å². The number of ketones is 2. The van der Waals surface area contributed by atoms with Crippen LogP contribution in [0.1, 0.15) is 113 Å². The molecule has 5 aromatic carbocycles. The molecule has 5 heterocycles. The lowest BCUT2D eigenvalue weighted by Crippen LogP contribution is -2.35. The maximum Gasteiger partial charge on any atom is 0.251 e. The molecule has 0 saturated heterocycles. The summed E-state index contributed by atoms with van der Waals surface area (Å²) in [6, 6.07) is 39.1. The first-order valence-corrected chi connectivity index (χ1v) is 47.2. The highest BCUT2D eigenvalue weighted by molar-refractivity contribution is 6.06. The van der Waals surface area contributed by atoms with E-state index in [0.29, 0.717) is 247 Å². The third-order valence-electron chi connectivity index (χ3n) is 21.5. The van der Waals surface area contributed by atoms with Crippen LogP contribution in [0.3, 0.4) is 0 Å². The lowest BCUT2D eigenvalue weighted by atomic mass is 9.95. The Kier molecular flexibility index (Phi) is 50.8. The number of fused-ring (bicyclic) bond motifs is 10. The fourth-order valence-electron chi connectivity index (χ4n) is 14.6. The van der Waals surface area contributed by atoms with Crippen molar-refractivity contribution in [1.29, 1.82) is 0 Å². The molecule has 0 spiro atoms. The zero-order valence-corrected chi connectivity index (χ0v) is 79.2. The zero-order valence-electron chi connectivity index (χ0n) is 79.2. The van der Waals surface area contributed by atoms with Crippen LogP contribution in [0.15, 0.2) is 140 Å². The van der Waals surface area contributed by atoms with E-state index in [0.717, 1.165) is 50.3 Å². The highest BCUT2D eigenvalue weighted by Gasteiger charge is 2.32. The van der Waals surface area contributed by atoms with Gasteiger partial charge in [-0.05, 0) is 72.0 Å². The quantitative estimate of drug-likeness (QED) is 0.0185. The molecule has 3 aromatic heterocycles. The molecule has 2 aliphatic rings. The first kappa shape index (κ1) is 109. The summed E-state index contributed by atoms with van der Waals surface area (Å²) < 4.78 is 94.2. The molecule has 0 saturated carbocycles. The summed E-state index contributed by atoms with van der Waals surface area (Å²) in [6.45, 7) is 16.4. The number of anilines is 2. The van der Waals surface area contributed by atoms with Crippen LogP contribution in [0, 0.1) is 0 Å². The molecule has 10 rings (SSSR count). The Morgan fingerprint density at radius 2 is 0.645 bits per heavy atom. The van der Waals surface area contributed by atoms with Gasteiger partial charge in [-0.2, -0.15) is 0 Å². The lowest BCUT2D eigenvalue weighted by molar-refractivity contribution is -0.124. The van der Waals surface area contributed by atoms with Crippen molar-refractivity contribution >= 4 is 64.3 Å². The van der Waals surface area contributed by atoms with Crippen molar-refractivity contribution in [3.05, 3.63) is 173 Å². The number of hydrogen-bond donors (Lipinski definition) is 5. The van der Waals surface area contributed by atoms with Gasteiger partial charge in [0, 0.05) is 150 Å². The van der Waals surface area contributed by atoms with Crippen molar-refractivity contribution in [3.63, 3.8) is 0 Å². The average molecular weight is 1920 g/mol. The van der Waals surface area contributed by atoms with Crippen LogP contribution in [0.2, 0.25) is 0 Å². The number of hydrogen-bond acceptors (Lipinski definition) is 30. The van der Waals surface area contributed by atoms with E-state index >= 15 is 0 Å².